The molecule has 0 aliphatic carbocycles. The third-order valence-electron chi connectivity index (χ3n) is 6.33. The van der Waals surface area contributed by atoms with Crippen LogP contribution in [0.4, 0.5) is 25.0 Å². The lowest BCUT2D eigenvalue weighted by atomic mass is 10.2. The number of aliphatic hydroxyl groups excluding tert-OH is 1. The van der Waals surface area contributed by atoms with Crippen LogP contribution in [-0.2, 0) is 14.3 Å². The second-order valence-corrected chi connectivity index (χ2v) is 8.62. The van der Waals surface area contributed by atoms with E-state index in [1.165, 1.54) is 16.0 Å². The number of hydrogen-bond acceptors (Lipinski definition) is 10. The Bertz CT molecular complexity index is 1180. The summed E-state index contributed by atoms with van der Waals surface area (Å²) >= 11 is 0. The van der Waals surface area contributed by atoms with E-state index in [1.54, 1.807) is 17.3 Å². The number of carbonyl (C=O) groups excluding carboxylic acids is 3. The zero-order chi connectivity index (χ0) is 26.1. The minimum absolute atomic E-state index is 0.00928. The quantitative estimate of drug-likeness (QED) is 0.442. The average Bonchev–Trinajstić information content (AvgIpc) is 3.50. The van der Waals surface area contributed by atoms with Crippen molar-refractivity contribution in [3.63, 3.8) is 0 Å². The summed E-state index contributed by atoms with van der Waals surface area (Å²) in [5.41, 5.74) is 2.49. The van der Waals surface area contributed by atoms with E-state index < -0.39 is 36.3 Å². The Hall–Kier alpha value is -4.27. The van der Waals surface area contributed by atoms with Gasteiger partial charge in [-0.15, -0.1) is 0 Å². The minimum Gasteiger partial charge on any atom is -0.441 e. The van der Waals surface area contributed by atoms with Gasteiger partial charge in [-0.25, -0.2) is 13.6 Å². The molecule has 2 fully saturated rings. The van der Waals surface area contributed by atoms with Gasteiger partial charge in [0.25, 0.3) is 5.91 Å². The van der Waals surface area contributed by atoms with E-state index in [4.69, 9.17) is 9.84 Å². The molecule has 2 saturated heterocycles. The highest BCUT2D eigenvalue weighted by molar-refractivity contribution is 6.39. The molecule has 5 rings (SSSR count). The van der Waals surface area contributed by atoms with Gasteiger partial charge < -0.3 is 25.0 Å². The maximum absolute atomic E-state index is 14.9. The molecule has 196 valence electrons. The molecule has 13 nitrogen and oxygen atoms in total. The lowest BCUT2D eigenvalue weighted by Crippen LogP contribution is -2.52. The van der Waals surface area contributed by atoms with Crippen LogP contribution in [0.1, 0.15) is 0 Å². The van der Waals surface area contributed by atoms with Crippen molar-refractivity contribution in [2.45, 2.75) is 12.3 Å². The van der Waals surface area contributed by atoms with Gasteiger partial charge in [-0.1, -0.05) is 0 Å². The van der Waals surface area contributed by atoms with E-state index in [9.17, 15) is 23.2 Å². The number of benzene rings is 1. The summed E-state index contributed by atoms with van der Waals surface area (Å²) in [5, 5.41) is 15.7. The van der Waals surface area contributed by atoms with Crippen molar-refractivity contribution < 1.29 is 33.0 Å². The van der Waals surface area contributed by atoms with Crippen LogP contribution in [0.25, 0.3) is 0 Å². The summed E-state index contributed by atoms with van der Waals surface area (Å²) in [5.74, 6) is -2.48. The molecule has 0 radical (unpaired) electrons. The lowest BCUT2D eigenvalue weighted by molar-refractivity contribution is -0.132. The first kappa shape index (κ1) is 24.4. The van der Waals surface area contributed by atoms with Crippen molar-refractivity contribution in [2.24, 2.45) is 10.1 Å². The van der Waals surface area contributed by atoms with Gasteiger partial charge in [0, 0.05) is 56.9 Å². The standard InChI is InChI=1S/C22H24F2N8O5/c23-15-7-13(32-11-14(12-33)37-22(32)36)8-16(24)19(15)30-5-3-29(4-6-30)18(34)10-26-21(35)20-28-27-17-9-25-1-2-31(17)20/h1-2,7-9,14,17,27,33H,3-6,10-12H2,(H,26,35). The molecule has 0 bridgehead atoms. The van der Waals surface area contributed by atoms with E-state index in [0.29, 0.717) is 0 Å². The van der Waals surface area contributed by atoms with Gasteiger partial charge in [0.1, 0.15) is 11.8 Å². The molecular weight excluding hydrogens is 494 g/mol. The Morgan fingerprint density at radius 3 is 2.59 bits per heavy atom. The van der Waals surface area contributed by atoms with Gasteiger partial charge in [-0.3, -0.25) is 29.8 Å². The number of hydrogen-bond donors (Lipinski definition) is 3. The lowest BCUT2D eigenvalue weighted by Gasteiger charge is -2.36. The Labute approximate surface area is 209 Å². The summed E-state index contributed by atoms with van der Waals surface area (Å²) in [4.78, 5) is 46.6. The number of carbonyl (C=O) groups is 3. The molecular formula is C22H24F2N8O5. The minimum atomic E-state index is -0.858. The second-order valence-electron chi connectivity index (χ2n) is 8.62. The number of anilines is 2. The van der Waals surface area contributed by atoms with E-state index in [2.05, 4.69) is 20.8 Å². The fraction of sp³-hybridized carbons (Fsp3) is 0.409. The first-order valence-electron chi connectivity index (χ1n) is 11.6. The third-order valence-corrected chi connectivity index (χ3v) is 6.33. The van der Waals surface area contributed by atoms with Crippen molar-refractivity contribution in [3.8, 4) is 0 Å². The van der Waals surface area contributed by atoms with E-state index in [0.717, 1.165) is 17.0 Å². The number of aliphatic imine (C=N–C) groups is 1. The number of piperazine rings is 1. The first-order chi connectivity index (χ1) is 17.9. The molecule has 37 heavy (non-hydrogen) atoms. The smallest absolute Gasteiger partial charge is 0.414 e. The van der Waals surface area contributed by atoms with Crippen LogP contribution < -0.4 is 20.5 Å². The molecule has 15 heteroatoms. The van der Waals surface area contributed by atoms with Crippen LogP contribution in [-0.4, -0.2) is 103 Å². The highest BCUT2D eigenvalue weighted by atomic mass is 19.1. The molecule has 3 amide bonds. The van der Waals surface area contributed by atoms with Crippen LogP contribution >= 0.6 is 0 Å². The SMILES string of the molecule is O=C(NCC(=O)N1CCN(c2c(F)cc(N3CC(CO)OC3=O)cc2F)CC1)C1=NNC2C=NC=CN12. The molecule has 1 aromatic rings. The van der Waals surface area contributed by atoms with Crippen LogP contribution in [0.5, 0.6) is 0 Å². The van der Waals surface area contributed by atoms with Gasteiger partial charge in [0.05, 0.1) is 25.4 Å². The fourth-order valence-corrected chi connectivity index (χ4v) is 4.42. The van der Waals surface area contributed by atoms with E-state index >= 15 is 0 Å². The molecule has 3 N–H and O–H groups in total. The van der Waals surface area contributed by atoms with Gasteiger partial charge >= 0.3 is 6.09 Å². The number of nitrogens with zero attached hydrogens (tertiary/aromatic N) is 6. The number of nitrogens with one attached hydrogen (secondary N) is 2. The van der Waals surface area contributed by atoms with Crippen LogP contribution in [0.2, 0.25) is 0 Å². The normalized spacial score (nSPS) is 22.6. The molecule has 2 atom stereocenters. The Morgan fingerprint density at radius 1 is 1.19 bits per heavy atom. The number of fused-ring (bicyclic) bond motifs is 1. The maximum atomic E-state index is 14.9. The summed E-state index contributed by atoms with van der Waals surface area (Å²) in [6.07, 6.45) is 2.79. The number of amidine groups is 1. The molecule has 0 spiro atoms. The number of rotatable bonds is 6. The largest absolute Gasteiger partial charge is 0.441 e. The van der Waals surface area contributed by atoms with Crippen molar-refractivity contribution >= 4 is 41.3 Å². The highest BCUT2D eigenvalue weighted by Crippen LogP contribution is 2.31. The summed E-state index contributed by atoms with van der Waals surface area (Å²) < 4.78 is 34.8. The molecule has 0 aromatic heterocycles. The molecule has 0 saturated carbocycles. The zero-order valence-electron chi connectivity index (χ0n) is 19.5. The monoisotopic (exact) mass is 518 g/mol. The number of amides is 3. The molecule has 4 aliphatic rings. The number of hydrazone groups is 1. The predicted octanol–water partition coefficient (Wildman–Crippen LogP) is -0.852. The van der Waals surface area contributed by atoms with E-state index in [-0.39, 0.29) is 68.6 Å². The summed E-state index contributed by atoms with van der Waals surface area (Å²) in [6.45, 7) is 0.0623. The van der Waals surface area contributed by atoms with E-state index in [1.807, 2.05) is 0 Å². The molecule has 4 heterocycles. The number of aliphatic hydroxyl groups is 1. The number of ether oxygens (including phenoxy) is 1. The number of halogens is 2. The predicted molar refractivity (Wildman–Crippen MR) is 127 cm³/mol. The highest BCUT2D eigenvalue weighted by Gasteiger charge is 2.34. The molecule has 4 aliphatic heterocycles. The summed E-state index contributed by atoms with van der Waals surface area (Å²) in [6, 6.07) is 2.09. The van der Waals surface area contributed by atoms with Crippen molar-refractivity contribution in [3.05, 3.63) is 36.2 Å². The third kappa shape index (κ3) is 4.76. The Morgan fingerprint density at radius 2 is 1.92 bits per heavy atom. The molecule has 2 unspecified atom stereocenters. The van der Waals surface area contributed by atoms with Crippen molar-refractivity contribution in [1.82, 2.24) is 20.5 Å². The van der Waals surface area contributed by atoms with Gasteiger partial charge in [-0.05, 0) is 0 Å². The zero-order valence-corrected chi connectivity index (χ0v) is 19.5. The second kappa shape index (κ2) is 10.0. The van der Waals surface area contributed by atoms with Gasteiger partial charge in [0.2, 0.25) is 11.7 Å². The first-order valence-corrected chi connectivity index (χ1v) is 11.6. The Kier molecular flexibility index (Phi) is 6.60. The maximum Gasteiger partial charge on any atom is 0.414 e. The van der Waals surface area contributed by atoms with Crippen molar-refractivity contribution in [2.75, 3.05) is 55.7 Å². The van der Waals surface area contributed by atoms with Crippen LogP contribution in [0, 0.1) is 11.6 Å². The number of cyclic esters (lactones) is 1. The fourth-order valence-electron chi connectivity index (χ4n) is 4.42. The van der Waals surface area contributed by atoms with Gasteiger partial charge in [0.15, 0.2) is 17.8 Å². The Balaban J connectivity index is 1.15. The van der Waals surface area contributed by atoms with Crippen LogP contribution in [0.15, 0.2) is 34.6 Å². The summed E-state index contributed by atoms with van der Waals surface area (Å²) in [7, 11) is 0. The van der Waals surface area contributed by atoms with Crippen LogP contribution in [0.3, 0.4) is 0 Å². The van der Waals surface area contributed by atoms with Crippen molar-refractivity contribution in [1.29, 1.82) is 0 Å². The van der Waals surface area contributed by atoms with Gasteiger partial charge in [-0.2, -0.15) is 5.10 Å². The molecule has 1 aromatic carbocycles. The topological polar surface area (TPSA) is 142 Å². The average molecular weight is 518 g/mol.